The van der Waals surface area contributed by atoms with Gasteiger partial charge in [-0.3, -0.25) is 0 Å². The summed E-state index contributed by atoms with van der Waals surface area (Å²) in [5, 5.41) is 7.12. The van der Waals surface area contributed by atoms with Crippen LogP contribution in [0.25, 0.3) is 0 Å². The summed E-state index contributed by atoms with van der Waals surface area (Å²) in [5.74, 6) is 0.911. The highest BCUT2D eigenvalue weighted by Gasteiger charge is 2.49. The van der Waals surface area contributed by atoms with Crippen molar-refractivity contribution < 1.29 is 4.74 Å². The van der Waals surface area contributed by atoms with Crippen LogP contribution in [-0.2, 0) is 4.74 Å². The number of nitrogens with one attached hydrogen (secondary N) is 2. The molecule has 0 radical (unpaired) electrons. The summed E-state index contributed by atoms with van der Waals surface area (Å²) < 4.78 is 6.12. The Morgan fingerprint density at radius 1 is 1.07 bits per heavy atom. The van der Waals surface area contributed by atoms with Crippen molar-refractivity contribution in [2.45, 2.75) is 37.3 Å². The normalized spacial score (nSPS) is 37.3. The number of piperidine rings is 1. The third-order valence-electron chi connectivity index (χ3n) is 3.97. The number of morpholine rings is 1. The third-order valence-corrected chi connectivity index (χ3v) is 3.97. The molecule has 3 heteroatoms. The standard InChI is InChI=1S/C11H20N2O/c1-2-9(1)10-11(14-8-7-13-10)3-5-12-6-4-11/h9-10,12-13H,1-8H2. The van der Waals surface area contributed by atoms with Gasteiger partial charge in [0.2, 0.25) is 0 Å². The SMILES string of the molecule is C1CC2(CCN1)OCCNC2C1CC1. The zero-order valence-electron chi connectivity index (χ0n) is 8.72. The minimum Gasteiger partial charge on any atom is -0.372 e. The summed E-state index contributed by atoms with van der Waals surface area (Å²) in [7, 11) is 0. The van der Waals surface area contributed by atoms with Crippen LogP contribution in [0.3, 0.4) is 0 Å². The Kier molecular flexibility index (Phi) is 2.26. The number of hydrogen-bond acceptors (Lipinski definition) is 3. The van der Waals surface area contributed by atoms with Gasteiger partial charge in [0.25, 0.3) is 0 Å². The summed E-state index contributed by atoms with van der Waals surface area (Å²) in [6.45, 7) is 4.22. The summed E-state index contributed by atoms with van der Waals surface area (Å²) >= 11 is 0. The van der Waals surface area contributed by atoms with Gasteiger partial charge in [0.1, 0.15) is 0 Å². The van der Waals surface area contributed by atoms with Crippen molar-refractivity contribution in [3.63, 3.8) is 0 Å². The van der Waals surface area contributed by atoms with Crippen molar-refractivity contribution in [2.75, 3.05) is 26.2 Å². The van der Waals surface area contributed by atoms with Gasteiger partial charge in [0, 0.05) is 12.6 Å². The molecule has 0 aromatic carbocycles. The number of ether oxygens (including phenoxy) is 1. The van der Waals surface area contributed by atoms with E-state index in [1.165, 1.54) is 25.7 Å². The van der Waals surface area contributed by atoms with Crippen LogP contribution in [0.5, 0.6) is 0 Å². The van der Waals surface area contributed by atoms with Crippen molar-refractivity contribution in [3.8, 4) is 0 Å². The van der Waals surface area contributed by atoms with Crippen LogP contribution in [0.2, 0.25) is 0 Å². The molecule has 2 aliphatic heterocycles. The molecule has 1 saturated carbocycles. The minimum absolute atomic E-state index is 0.185. The highest BCUT2D eigenvalue weighted by molar-refractivity contribution is 5.05. The molecule has 0 bridgehead atoms. The van der Waals surface area contributed by atoms with E-state index < -0.39 is 0 Å². The fourth-order valence-corrected chi connectivity index (χ4v) is 3.08. The average Bonchev–Trinajstić information content (AvgIpc) is 3.03. The first-order valence-electron chi connectivity index (χ1n) is 5.99. The van der Waals surface area contributed by atoms with E-state index in [2.05, 4.69) is 10.6 Å². The van der Waals surface area contributed by atoms with E-state index in [1.54, 1.807) is 0 Å². The molecule has 1 aliphatic carbocycles. The smallest absolute Gasteiger partial charge is 0.0862 e. The van der Waals surface area contributed by atoms with E-state index >= 15 is 0 Å². The van der Waals surface area contributed by atoms with Crippen LogP contribution in [-0.4, -0.2) is 37.9 Å². The van der Waals surface area contributed by atoms with Crippen LogP contribution < -0.4 is 10.6 Å². The van der Waals surface area contributed by atoms with E-state index in [-0.39, 0.29) is 5.60 Å². The van der Waals surface area contributed by atoms with Gasteiger partial charge in [-0.15, -0.1) is 0 Å². The van der Waals surface area contributed by atoms with Crippen molar-refractivity contribution in [3.05, 3.63) is 0 Å². The highest BCUT2D eigenvalue weighted by Crippen LogP contribution is 2.42. The van der Waals surface area contributed by atoms with Crippen molar-refractivity contribution in [1.29, 1.82) is 0 Å². The molecule has 3 rings (SSSR count). The Bertz CT molecular complexity index is 201. The summed E-state index contributed by atoms with van der Waals surface area (Å²) in [5.41, 5.74) is 0.185. The molecule has 1 unspecified atom stereocenters. The first kappa shape index (κ1) is 9.13. The Morgan fingerprint density at radius 3 is 2.57 bits per heavy atom. The topological polar surface area (TPSA) is 33.3 Å². The minimum atomic E-state index is 0.185. The zero-order valence-corrected chi connectivity index (χ0v) is 8.72. The lowest BCUT2D eigenvalue weighted by atomic mass is 9.81. The average molecular weight is 196 g/mol. The maximum atomic E-state index is 6.12. The van der Waals surface area contributed by atoms with Gasteiger partial charge in [-0.1, -0.05) is 0 Å². The molecule has 1 spiro atoms. The zero-order chi connectivity index (χ0) is 9.43. The molecule has 3 fully saturated rings. The second kappa shape index (κ2) is 3.47. The molecule has 3 nitrogen and oxygen atoms in total. The van der Waals surface area contributed by atoms with Gasteiger partial charge >= 0.3 is 0 Å². The summed E-state index contributed by atoms with van der Waals surface area (Å²) in [6.07, 6.45) is 5.22. The molecule has 3 aliphatic rings. The second-order valence-corrected chi connectivity index (χ2v) is 4.93. The van der Waals surface area contributed by atoms with Gasteiger partial charge < -0.3 is 15.4 Å². The second-order valence-electron chi connectivity index (χ2n) is 4.93. The quantitative estimate of drug-likeness (QED) is 0.641. The first-order valence-corrected chi connectivity index (χ1v) is 5.99. The van der Waals surface area contributed by atoms with Crippen LogP contribution in [0.1, 0.15) is 25.7 Å². The van der Waals surface area contributed by atoms with E-state index in [1.807, 2.05) is 0 Å². The Labute approximate surface area is 85.6 Å². The molecular formula is C11H20N2O. The molecule has 0 aromatic heterocycles. The predicted octanol–water partition coefficient (Wildman–Crippen LogP) is 0.507. The molecule has 0 amide bonds. The van der Waals surface area contributed by atoms with E-state index in [4.69, 9.17) is 4.74 Å². The maximum Gasteiger partial charge on any atom is 0.0862 e. The summed E-state index contributed by atoms with van der Waals surface area (Å²) in [4.78, 5) is 0. The lowest BCUT2D eigenvalue weighted by Gasteiger charge is -2.47. The lowest BCUT2D eigenvalue weighted by molar-refractivity contribution is -0.118. The van der Waals surface area contributed by atoms with E-state index in [0.29, 0.717) is 6.04 Å². The van der Waals surface area contributed by atoms with E-state index in [0.717, 1.165) is 32.2 Å². The Morgan fingerprint density at radius 2 is 1.86 bits per heavy atom. The van der Waals surface area contributed by atoms with Crippen molar-refractivity contribution >= 4 is 0 Å². The first-order chi connectivity index (χ1) is 6.91. The van der Waals surface area contributed by atoms with Crippen LogP contribution >= 0.6 is 0 Å². The molecule has 14 heavy (non-hydrogen) atoms. The molecule has 2 N–H and O–H groups in total. The maximum absolute atomic E-state index is 6.12. The van der Waals surface area contributed by atoms with Crippen LogP contribution in [0, 0.1) is 5.92 Å². The largest absolute Gasteiger partial charge is 0.372 e. The highest BCUT2D eigenvalue weighted by atomic mass is 16.5. The van der Waals surface area contributed by atoms with Gasteiger partial charge in [-0.25, -0.2) is 0 Å². The molecule has 1 atom stereocenters. The van der Waals surface area contributed by atoms with Crippen LogP contribution in [0.4, 0.5) is 0 Å². The van der Waals surface area contributed by atoms with Crippen molar-refractivity contribution in [2.24, 2.45) is 5.92 Å². The Balaban J connectivity index is 1.77. The lowest BCUT2D eigenvalue weighted by Crippen LogP contribution is -2.62. The monoisotopic (exact) mass is 196 g/mol. The molecule has 80 valence electrons. The Hall–Kier alpha value is -0.120. The van der Waals surface area contributed by atoms with Gasteiger partial charge in [0.15, 0.2) is 0 Å². The summed E-state index contributed by atoms with van der Waals surface area (Å²) in [6, 6.07) is 0.651. The third kappa shape index (κ3) is 1.47. The number of rotatable bonds is 1. The number of hydrogen-bond donors (Lipinski definition) is 2. The fraction of sp³-hybridized carbons (Fsp3) is 1.00. The predicted molar refractivity (Wildman–Crippen MR) is 55.3 cm³/mol. The molecule has 2 saturated heterocycles. The molecule has 2 heterocycles. The van der Waals surface area contributed by atoms with Gasteiger partial charge in [-0.05, 0) is 44.7 Å². The van der Waals surface area contributed by atoms with Gasteiger partial charge in [0.05, 0.1) is 12.2 Å². The van der Waals surface area contributed by atoms with E-state index in [9.17, 15) is 0 Å². The molecule has 0 aromatic rings. The van der Waals surface area contributed by atoms with Crippen LogP contribution in [0.15, 0.2) is 0 Å². The fourth-order valence-electron chi connectivity index (χ4n) is 3.08. The molecular weight excluding hydrogens is 176 g/mol. The van der Waals surface area contributed by atoms with Gasteiger partial charge in [-0.2, -0.15) is 0 Å². The van der Waals surface area contributed by atoms with Crippen molar-refractivity contribution in [1.82, 2.24) is 10.6 Å².